The van der Waals surface area contributed by atoms with Crippen LogP contribution >= 0.6 is 0 Å². The van der Waals surface area contributed by atoms with E-state index >= 15 is 4.39 Å². The van der Waals surface area contributed by atoms with Crippen molar-refractivity contribution in [3.05, 3.63) is 104 Å². The number of fused-ring (bicyclic) bond motifs is 3. The van der Waals surface area contributed by atoms with Crippen LogP contribution in [0.25, 0.3) is 28.2 Å². The number of nitrogens with zero attached hydrogens (tertiary/aromatic N) is 6. The first-order valence-corrected chi connectivity index (χ1v) is 14.4. The number of hydrogen-bond donors (Lipinski definition) is 3. The topological polar surface area (TPSA) is 165 Å². The second-order valence-corrected chi connectivity index (χ2v) is 10.8. The Morgan fingerprint density at radius 2 is 1.83 bits per heavy atom. The number of aromatic nitrogens is 5. The molecular weight excluding hydrogens is 614 g/mol. The van der Waals surface area contributed by atoms with E-state index in [0.29, 0.717) is 35.7 Å². The summed E-state index contributed by atoms with van der Waals surface area (Å²) in [6.07, 6.45) is 2.84. The zero-order valence-electron chi connectivity index (χ0n) is 25.8. The molecule has 0 aliphatic carbocycles. The number of benzene rings is 2. The first-order valence-electron chi connectivity index (χ1n) is 14.4. The molecule has 242 valence electrons. The fourth-order valence-electron chi connectivity index (χ4n) is 5.34. The average Bonchev–Trinajstić information content (AvgIpc) is 3.54. The van der Waals surface area contributed by atoms with Crippen molar-refractivity contribution in [1.29, 1.82) is 0 Å². The van der Waals surface area contributed by atoms with Gasteiger partial charge in [-0.3, -0.25) is 23.9 Å². The van der Waals surface area contributed by atoms with E-state index in [4.69, 9.17) is 9.90 Å². The molecule has 13 nitrogen and oxygen atoms in total. The summed E-state index contributed by atoms with van der Waals surface area (Å²) in [6, 6.07) is 9.05. The smallest absolute Gasteiger partial charge is 0.335 e. The van der Waals surface area contributed by atoms with Gasteiger partial charge < -0.3 is 20.3 Å². The quantitative estimate of drug-likeness (QED) is 0.245. The Labute approximate surface area is 265 Å². The van der Waals surface area contributed by atoms with E-state index < -0.39 is 34.8 Å². The van der Waals surface area contributed by atoms with Gasteiger partial charge in [-0.1, -0.05) is 0 Å². The second kappa shape index (κ2) is 13.2. The Bertz CT molecular complexity index is 2170. The molecule has 1 amide bonds. The van der Waals surface area contributed by atoms with Crippen LogP contribution in [0.15, 0.2) is 69.4 Å². The Morgan fingerprint density at radius 1 is 1.13 bits per heavy atom. The summed E-state index contributed by atoms with van der Waals surface area (Å²) in [4.78, 5) is 61.5. The number of amides is 1. The van der Waals surface area contributed by atoms with Gasteiger partial charge in [0.15, 0.2) is 0 Å². The van der Waals surface area contributed by atoms with E-state index in [2.05, 4.69) is 25.6 Å². The molecule has 47 heavy (non-hydrogen) atoms. The lowest BCUT2D eigenvalue weighted by Crippen LogP contribution is -2.42. The van der Waals surface area contributed by atoms with Crippen molar-refractivity contribution in [2.45, 2.75) is 33.4 Å². The zero-order valence-corrected chi connectivity index (χ0v) is 25.8. The minimum Gasteiger partial charge on any atom is -0.483 e. The number of rotatable bonds is 5. The molecule has 3 aliphatic rings. The molecule has 0 spiro atoms. The summed E-state index contributed by atoms with van der Waals surface area (Å²) >= 11 is 0. The van der Waals surface area contributed by atoms with Gasteiger partial charge in [0.2, 0.25) is 5.62 Å². The van der Waals surface area contributed by atoms with Crippen LogP contribution in [-0.4, -0.2) is 54.7 Å². The normalized spacial score (nSPS) is 12.4. The van der Waals surface area contributed by atoms with Gasteiger partial charge in [-0.15, -0.1) is 0 Å². The van der Waals surface area contributed by atoms with E-state index in [-0.39, 0.29) is 23.4 Å². The van der Waals surface area contributed by atoms with Crippen molar-refractivity contribution in [3.63, 3.8) is 0 Å². The number of nitrogens with one attached hydrogen (secondary N) is 2. The highest BCUT2D eigenvalue weighted by Crippen LogP contribution is 2.39. The van der Waals surface area contributed by atoms with Crippen LogP contribution in [0.4, 0.5) is 20.3 Å². The fourth-order valence-corrected chi connectivity index (χ4v) is 5.34. The minimum atomic E-state index is -0.921. The maximum absolute atomic E-state index is 15.3. The van der Waals surface area contributed by atoms with E-state index in [0.717, 1.165) is 39.8 Å². The molecule has 0 bridgehead atoms. The standard InChI is InChI=1S/C31H28F2N8O3.CH2O2/c1-16(2)40-15-23(29(43)41(31(40)44)20-7-5-19(32)6-8-20)28(42)37-25-13-21(17(3)11-24(25)33)22-12-18-14-36-30(34-4)38-26(18)39-10-9-35-27(22)39;2-1-3/h5-8,11-16,35H,9-10H2,1-4H3,(H,37,42);1H,(H,2,3). The lowest BCUT2D eigenvalue weighted by molar-refractivity contribution is -0.122. The van der Waals surface area contributed by atoms with Crippen LogP contribution in [0.2, 0.25) is 0 Å². The maximum atomic E-state index is 15.3. The van der Waals surface area contributed by atoms with Crippen molar-refractivity contribution in [3.8, 4) is 28.2 Å². The van der Waals surface area contributed by atoms with Crippen molar-refractivity contribution >= 4 is 23.9 Å². The van der Waals surface area contributed by atoms with Gasteiger partial charge in [0.05, 0.1) is 11.4 Å². The molecule has 0 unspecified atom stereocenters. The first-order chi connectivity index (χ1) is 22.5. The molecule has 3 aromatic rings. The molecule has 3 aliphatic heterocycles. The number of hydrogen-bond acceptors (Lipinski definition) is 8. The number of carboxylic acid groups (broad SMARTS) is 1. The average molecular weight is 645 g/mol. The first kappa shape index (κ1) is 32.4. The van der Waals surface area contributed by atoms with E-state index in [1.807, 2.05) is 10.6 Å². The second-order valence-electron chi connectivity index (χ2n) is 10.8. The van der Waals surface area contributed by atoms with E-state index in [9.17, 15) is 18.8 Å². The third-order valence-corrected chi connectivity index (χ3v) is 7.54. The van der Waals surface area contributed by atoms with Gasteiger partial charge in [-0.05, 0) is 74.4 Å². The van der Waals surface area contributed by atoms with Gasteiger partial charge in [-0.2, -0.15) is 4.98 Å². The Morgan fingerprint density at radius 3 is 2.49 bits per heavy atom. The monoisotopic (exact) mass is 644 g/mol. The van der Waals surface area contributed by atoms with Gasteiger partial charge in [0.25, 0.3) is 17.9 Å². The lowest BCUT2D eigenvalue weighted by Gasteiger charge is -2.19. The Kier molecular flexibility index (Phi) is 9.08. The van der Waals surface area contributed by atoms with Crippen LogP contribution in [-0.2, 0) is 11.3 Å². The third-order valence-electron chi connectivity index (χ3n) is 7.54. The van der Waals surface area contributed by atoms with Crippen LogP contribution in [0.3, 0.4) is 0 Å². The SMILES string of the molecule is CN=c1ncc2cc(-c3cc(NC(=O)c4cn(C(C)C)c(=O)n(-c5ccc(F)cc5)c4=O)c(F)cc3C)c3n(c-2n1)CCN3.O=CO. The summed E-state index contributed by atoms with van der Waals surface area (Å²) in [5, 5.41) is 12.8. The Balaban J connectivity index is 0.00000139. The van der Waals surface area contributed by atoms with E-state index in [1.54, 1.807) is 34.0 Å². The number of carbonyl (C=O) groups is 2. The Hall–Kier alpha value is -5.99. The van der Waals surface area contributed by atoms with Crippen molar-refractivity contribution in [2.24, 2.45) is 4.99 Å². The minimum absolute atomic E-state index is 0.0909. The van der Waals surface area contributed by atoms with Gasteiger partial charge in [0, 0.05) is 49.7 Å². The predicted octanol–water partition coefficient (Wildman–Crippen LogP) is 3.44. The largest absolute Gasteiger partial charge is 0.483 e. The molecular formula is C32H30F2N8O5. The number of anilines is 2. The fraction of sp³-hybridized carbons (Fsp3) is 0.219. The predicted molar refractivity (Wildman–Crippen MR) is 170 cm³/mol. The molecule has 2 aromatic carbocycles. The molecule has 0 atom stereocenters. The molecule has 0 radical (unpaired) electrons. The number of halogens is 2. The molecule has 0 saturated heterocycles. The zero-order chi connectivity index (χ0) is 34.0. The highest BCUT2D eigenvalue weighted by atomic mass is 19.1. The summed E-state index contributed by atoms with van der Waals surface area (Å²) < 4.78 is 33.0. The van der Waals surface area contributed by atoms with Crippen molar-refractivity contribution < 1.29 is 23.5 Å². The lowest BCUT2D eigenvalue weighted by atomic mass is 9.98. The van der Waals surface area contributed by atoms with Crippen LogP contribution in [0.1, 0.15) is 35.8 Å². The number of pyridine rings is 1. The molecule has 3 N–H and O–H groups in total. The molecule has 1 aromatic heterocycles. The summed E-state index contributed by atoms with van der Waals surface area (Å²) in [5.41, 5.74) is 1.05. The van der Waals surface area contributed by atoms with Crippen LogP contribution in [0.5, 0.6) is 0 Å². The third kappa shape index (κ3) is 6.14. The van der Waals surface area contributed by atoms with E-state index in [1.165, 1.54) is 28.8 Å². The number of carbonyl (C=O) groups excluding carboxylic acids is 1. The molecule has 0 saturated carbocycles. The molecule has 4 heterocycles. The van der Waals surface area contributed by atoms with Crippen molar-refractivity contribution in [2.75, 3.05) is 24.2 Å². The highest BCUT2D eigenvalue weighted by molar-refractivity contribution is 6.04. The highest BCUT2D eigenvalue weighted by Gasteiger charge is 2.25. The summed E-state index contributed by atoms with van der Waals surface area (Å²) in [5.74, 6) is -0.683. The van der Waals surface area contributed by atoms with Gasteiger partial charge in [0.1, 0.15) is 28.8 Å². The summed E-state index contributed by atoms with van der Waals surface area (Å²) in [6.45, 7) is 6.24. The molecule has 6 rings (SSSR count). The van der Waals surface area contributed by atoms with Crippen LogP contribution in [0, 0.1) is 18.6 Å². The van der Waals surface area contributed by atoms with Crippen molar-refractivity contribution in [1.82, 2.24) is 23.7 Å². The van der Waals surface area contributed by atoms with Gasteiger partial charge in [-0.25, -0.2) is 23.1 Å². The van der Waals surface area contributed by atoms with Crippen LogP contribution < -0.4 is 27.5 Å². The number of aryl methyl sites for hydroxylation is 1. The summed E-state index contributed by atoms with van der Waals surface area (Å²) in [7, 11) is 1.62. The molecule has 0 fully saturated rings. The van der Waals surface area contributed by atoms with Gasteiger partial charge >= 0.3 is 5.69 Å². The molecule has 15 heteroatoms. The maximum Gasteiger partial charge on any atom is 0.335 e.